The fourth-order valence-corrected chi connectivity index (χ4v) is 2.74. The van der Waals surface area contributed by atoms with E-state index in [1.807, 2.05) is 19.3 Å². The zero-order valence-corrected chi connectivity index (χ0v) is 10.1. The molecule has 3 heteroatoms. The zero-order valence-electron chi connectivity index (χ0n) is 10.1. The molecule has 1 aliphatic carbocycles. The Bertz CT molecular complexity index is 542. The van der Waals surface area contributed by atoms with Crippen molar-refractivity contribution in [1.82, 2.24) is 9.55 Å². The normalized spacial score (nSPS) is 18.4. The molecular weight excluding hydrogens is 210 g/mol. The SMILES string of the molecule is Cc1nccn1-c1ccc2c(c1)CCC2CN. The highest BCUT2D eigenvalue weighted by atomic mass is 15.1. The van der Waals surface area contributed by atoms with Gasteiger partial charge in [-0.15, -0.1) is 0 Å². The highest BCUT2D eigenvalue weighted by Crippen LogP contribution is 2.33. The minimum Gasteiger partial charge on any atom is -0.330 e. The van der Waals surface area contributed by atoms with E-state index in [0.717, 1.165) is 18.8 Å². The minimum atomic E-state index is 0.558. The molecule has 1 aliphatic rings. The van der Waals surface area contributed by atoms with Crippen LogP contribution in [0, 0.1) is 6.92 Å². The number of hydrogen-bond donors (Lipinski definition) is 1. The van der Waals surface area contributed by atoms with Crippen LogP contribution in [0.3, 0.4) is 0 Å². The van der Waals surface area contributed by atoms with Crippen molar-refractivity contribution in [3.05, 3.63) is 47.5 Å². The monoisotopic (exact) mass is 227 g/mol. The summed E-state index contributed by atoms with van der Waals surface area (Å²) in [6.07, 6.45) is 6.19. The molecule has 0 aliphatic heterocycles. The van der Waals surface area contributed by atoms with Crippen LogP contribution in [0.1, 0.15) is 29.3 Å². The molecule has 1 atom stereocenters. The molecule has 0 fully saturated rings. The van der Waals surface area contributed by atoms with Crippen LogP contribution in [0.5, 0.6) is 0 Å². The van der Waals surface area contributed by atoms with Crippen LogP contribution in [-0.4, -0.2) is 16.1 Å². The molecule has 2 aromatic rings. The summed E-state index contributed by atoms with van der Waals surface area (Å²) in [5, 5.41) is 0. The Labute approximate surface area is 101 Å². The van der Waals surface area contributed by atoms with Crippen molar-refractivity contribution in [3.8, 4) is 5.69 Å². The van der Waals surface area contributed by atoms with Crippen LogP contribution in [0.15, 0.2) is 30.6 Å². The van der Waals surface area contributed by atoms with Crippen LogP contribution >= 0.6 is 0 Å². The van der Waals surface area contributed by atoms with Crippen molar-refractivity contribution >= 4 is 0 Å². The second-order valence-electron chi connectivity index (χ2n) is 4.70. The molecule has 0 radical (unpaired) electrons. The van der Waals surface area contributed by atoms with E-state index in [2.05, 4.69) is 27.8 Å². The van der Waals surface area contributed by atoms with Gasteiger partial charge in [-0.25, -0.2) is 4.98 Å². The third-order valence-electron chi connectivity index (χ3n) is 3.72. The number of nitrogens with two attached hydrogens (primary N) is 1. The van der Waals surface area contributed by atoms with E-state index in [4.69, 9.17) is 5.73 Å². The number of hydrogen-bond acceptors (Lipinski definition) is 2. The van der Waals surface area contributed by atoms with E-state index in [0.29, 0.717) is 5.92 Å². The van der Waals surface area contributed by atoms with Crippen LogP contribution in [0.25, 0.3) is 5.69 Å². The van der Waals surface area contributed by atoms with Gasteiger partial charge in [0.15, 0.2) is 0 Å². The Hall–Kier alpha value is -1.61. The van der Waals surface area contributed by atoms with Gasteiger partial charge in [-0.05, 0) is 55.5 Å². The van der Waals surface area contributed by atoms with E-state index >= 15 is 0 Å². The van der Waals surface area contributed by atoms with Crippen molar-refractivity contribution in [2.75, 3.05) is 6.54 Å². The molecule has 3 nitrogen and oxygen atoms in total. The number of rotatable bonds is 2. The fourth-order valence-electron chi connectivity index (χ4n) is 2.74. The predicted molar refractivity (Wildman–Crippen MR) is 68.4 cm³/mol. The Kier molecular flexibility index (Phi) is 2.48. The summed E-state index contributed by atoms with van der Waals surface area (Å²) in [4.78, 5) is 4.26. The van der Waals surface area contributed by atoms with Crippen LogP contribution < -0.4 is 5.73 Å². The first-order chi connectivity index (χ1) is 8.29. The molecule has 1 aromatic carbocycles. The number of benzene rings is 1. The average molecular weight is 227 g/mol. The molecule has 0 amide bonds. The van der Waals surface area contributed by atoms with E-state index in [-0.39, 0.29) is 0 Å². The lowest BCUT2D eigenvalue weighted by molar-refractivity contribution is 0.688. The first-order valence-corrected chi connectivity index (χ1v) is 6.13. The maximum atomic E-state index is 5.79. The topological polar surface area (TPSA) is 43.8 Å². The average Bonchev–Trinajstić information content (AvgIpc) is 2.93. The minimum absolute atomic E-state index is 0.558. The lowest BCUT2D eigenvalue weighted by Gasteiger charge is -2.10. The molecule has 3 rings (SSSR count). The van der Waals surface area contributed by atoms with Crippen molar-refractivity contribution in [2.24, 2.45) is 5.73 Å². The molecular formula is C14H17N3. The Balaban J connectivity index is 2.03. The number of imidazole rings is 1. The third-order valence-corrected chi connectivity index (χ3v) is 3.72. The summed E-state index contributed by atoms with van der Waals surface area (Å²) in [6, 6.07) is 6.68. The molecule has 0 saturated heterocycles. The van der Waals surface area contributed by atoms with Gasteiger partial charge >= 0.3 is 0 Å². The quantitative estimate of drug-likeness (QED) is 0.854. The van der Waals surface area contributed by atoms with E-state index < -0.39 is 0 Å². The van der Waals surface area contributed by atoms with E-state index in [1.165, 1.54) is 23.2 Å². The van der Waals surface area contributed by atoms with Gasteiger partial charge in [0.2, 0.25) is 0 Å². The summed E-state index contributed by atoms with van der Waals surface area (Å²) in [7, 11) is 0. The lowest BCUT2D eigenvalue weighted by Crippen LogP contribution is -2.09. The molecule has 0 spiro atoms. The molecule has 0 bridgehead atoms. The second-order valence-corrected chi connectivity index (χ2v) is 4.70. The molecule has 0 saturated carbocycles. The second kappa shape index (κ2) is 4.00. The van der Waals surface area contributed by atoms with Crippen molar-refractivity contribution in [3.63, 3.8) is 0 Å². The first kappa shape index (κ1) is 10.5. The maximum Gasteiger partial charge on any atom is 0.110 e. The largest absolute Gasteiger partial charge is 0.330 e. The zero-order chi connectivity index (χ0) is 11.8. The highest BCUT2D eigenvalue weighted by Gasteiger charge is 2.21. The van der Waals surface area contributed by atoms with E-state index in [1.54, 1.807) is 0 Å². The molecule has 1 heterocycles. The van der Waals surface area contributed by atoms with Gasteiger partial charge in [0, 0.05) is 18.1 Å². The number of aromatic nitrogens is 2. The van der Waals surface area contributed by atoms with Crippen LogP contribution in [-0.2, 0) is 6.42 Å². The summed E-state index contributed by atoms with van der Waals surface area (Å²) >= 11 is 0. The molecule has 88 valence electrons. The number of nitrogens with zero attached hydrogens (tertiary/aromatic N) is 2. The standard InChI is InChI=1S/C14H17N3/c1-10-16-6-7-17(10)13-4-5-14-11(8-13)2-3-12(14)9-15/h4-8,12H,2-3,9,15H2,1H3. The van der Waals surface area contributed by atoms with Gasteiger partial charge in [0.1, 0.15) is 5.82 Å². The number of aryl methyl sites for hydroxylation is 2. The smallest absolute Gasteiger partial charge is 0.110 e. The number of fused-ring (bicyclic) bond motifs is 1. The van der Waals surface area contributed by atoms with Gasteiger partial charge in [-0.3, -0.25) is 0 Å². The van der Waals surface area contributed by atoms with Gasteiger partial charge < -0.3 is 10.3 Å². The summed E-state index contributed by atoms with van der Waals surface area (Å²) in [5.41, 5.74) is 9.88. The Morgan fingerprint density at radius 1 is 1.47 bits per heavy atom. The maximum absolute atomic E-state index is 5.79. The molecule has 17 heavy (non-hydrogen) atoms. The lowest BCUT2D eigenvalue weighted by atomic mass is 10.0. The molecule has 1 unspecified atom stereocenters. The summed E-state index contributed by atoms with van der Waals surface area (Å²) in [5.74, 6) is 1.58. The van der Waals surface area contributed by atoms with Crippen molar-refractivity contribution < 1.29 is 0 Å². The Morgan fingerprint density at radius 3 is 3.06 bits per heavy atom. The van der Waals surface area contributed by atoms with Gasteiger partial charge in [-0.1, -0.05) is 6.07 Å². The van der Waals surface area contributed by atoms with Crippen LogP contribution in [0.2, 0.25) is 0 Å². The molecule has 2 N–H and O–H groups in total. The van der Waals surface area contributed by atoms with Crippen molar-refractivity contribution in [2.45, 2.75) is 25.7 Å². The van der Waals surface area contributed by atoms with Gasteiger partial charge in [0.05, 0.1) is 0 Å². The first-order valence-electron chi connectivity index (χ1n) is 6.13. The summed E-state index contributed by atoms with van der Waals surface area (Å²) < 4.78 is 2.12. The highest BCUT2D eigenvalue weighted by molar-refractivity contribution is 5.45. The van der Waals surface area contributed by atoms with E-state index in [9.17, 15) is 0 Å². The van der Waals surface area contributed by atoms with Crippen LogP contribution in [0.4, 0.5) is 0 Å². The molecule has 1 aromatic heterocycles. The van der Waals surface area contributed by atoms with Crippen molar-refractivity contribution in [1.29, 1.82) is 0 Å². The third kappa shape index (κ3) is 1.67. The van der Waals surface area contributed by atoms with Gasteiger partial charge in [-0.2, -0.15) is 0 Å². The Morgan fingerprint density at radius 2 is 2.35 bits per heavy atom. The fraction of sp³-hybridized carbons (Fsp3) is 0.357. The summed E-state index contributed by atoms with van der Waals surface area (Å²) in [6.45, 7) is 2.78. The predicted octanol–water partition coefficient (Wildman–Crippen LogP) is 2.17. The van der Waals surface area contributed by atoms with Gasteiger partial charge in [0.25, 0.3) is 0 Å².